The number of aliphatic hydroxyl groups excluding tert-OH is 1. The summed E-state index contributed by atoms with van der Waals surface area (Å²) >= 11 is 1.84. The molecule has 0 amide bonds. The first kappa shape index (κ1) is 17.3. The third-order valence-electron chi connectivity index (χ3n) is 2.72. The minimum atomic E-state index is -3.74. The lowest BCUT2D eigenvalue weighted by Crippen LogP contribution is -2.29. The van der Waals surface area contributed by atoms with E-state index in [2.05, 4.69) is 4.72 Å². The van der Waals surface area contributed by atoms with Crippen LogP contribution in [0.1, 0.15) is 23.7 Å². The third kappa shape index (κ3) is 4.69. The first-order valence-electron chi connectivity index (χ1n) is 5.91. The topological polar surface area (TPSA) is 104 Å². The highest BCUT2D eigenvalue weighted by molar-refractivity contribution is 14.1. The van der Waals surface area contributed by atoms with E-state index in [9.17, 15) is 13.2 Å². The van der Waals surface area contributed by atoms with E-state index in [-0.39, 0.29) is 29.5 Å². The molecule has 0 aliphatic heterocycles. The smallest absolute Gasteiger partial charge is 0.336 e. The maximum Gasteiger partial charge on any atom is 0.336 e. The summed E-state index contributed by atoms with van der Waals surface area (Å²) in [6.07, 6.45) is 0.496. The second-order valence-electron chi connectivity index (χ2n) is 4.42. The fourth-order valence-corrected chi connectivity index (χ4v) is 3.25. The van der Waals surface area contributed by atoms with Crippen molar-refractivity contribution in [2.24, 2.45) is 5.92 Å². The fourth-order valence-electron chi connectivity index (χ4n) is 1.49. The summed E-state index contributed by atoms with van der Waals surface area (Å²) in [6, 6.07) is 3.96. The van der Waals surface area contributed by atoms with Crippen molar-refractivity contribution in [1.29, 1.82) is 0 Å². The summed E-state index contributed by atoms with van der Waals surface area (Å²) in [5.74, 6) is -1.17. The molecular formula is C12H16INO5S. The normalized spacial score (nSPS) is 13.2. The molecule has 0 aliphatic carbocycles. The second kappa shape index (κ2) is 7.34. The van der Waals surface area contributed by atoms with E-state index in [0.717, 1.165) is 6.07 Å². The number of nitrogens with one attached hydrogen (secondary N) is 1. The molecule has 0 spiro atoms. The molecule has 6 nitrogen and oxygen atoms in total. The zero-order valence-electron chi connectivity index (χ0n) is 10.8. The van der Waals surface area contributed by atoms with Gasteiger partial charge in [0.2, 0.25) is 10.0 Å². The second-order valence-corrected chi connectivity index (χ2v) is 7.35. The average molecular weight is 413 g/mol. The minimum Gasteiger partial charge on any atom is -0.478 e. The van der Waals surface area contributed by atoms with Gasteiger partial charge in [-0.1, -0.05) is 6.92 Å². The molecule has 3 N–H and O–H groups in total. The minimum absolute atomic E-state index is 0.00225. The van der Waals surface area contributed by atoms with E-state index < -0.39 is 16.0 Å². The van der Waals surface area contributed by atoms with Gasteiger partial charge in [-0.05, 0) is 53.1 Å². The van der Waals surface area contributed by atoms with Crippen LogP contribution in [-0.4, -0.2) is 37.8 Å². The summed E-state index contributed by atoms with van der Waals surface area (Å²) < 4.78 is 27.0. The molecule has 1 atom stereocenters. The van der Waals surface area contributed by atoms with Gasteiger partial charge in [0.05, 0.1) is 10.5 Å². The van der Waals surface area contributed by atoms with Crippen molar-refractivity contribution < 1.29 is 23.4 Å². The van der Waals surface area contributed by atoms with Crippen LogP contribution in [0.25, 0.3) is 0 Å². The molecule has 1 aromatic rings. The molecule has 0 aliphatic rings. The van der Waals surface area contributed by atoms with Gasteiger partial charge in [-0.2, -0.15) is 0 Å². The molecule has 20 heavy (non-hydrogen) atoms. The number of aliphatic hydroxyl groups is 1. The van der Waals surface area contributed by atoms with Gasteiger partial charge in [-0.25, -0.2) is 17.9 Å². The summed E-state index contributed by atoms with van der Waals surface area (Å²) in [7, 11) is -3.74. The van der Waals surface area contributed by atoms with E-state index in [1.165, 1.54) is 12.1 Å². The van der Waals surface area contributed by atoms with Crippen LogP contribution in [0.4, 0.5) is 0 Å². The van der Waals surface area contributed by atoms with E-state index in [0.29, 0.717) is 9.99 Å². The van der Waals surface area contributed by atoms with Crippen molar-refractivity contribution in [3.8, 4) is 0 Å². The molecule has 0 bridgehead atoms. The molecule has 1 unspecified atom stereocenters. The summed E-state index contributed by atoms with van der Waals surface area (Å²) in [5.41, 5.74) is -0.0446. The van der Waals surface area contributed by atoms with Gasteiger partial charge >= 0.3 is 5.97 Å². The van der Waals surface area contributed by atoms with Crippen LogP contribution >= 0.6 is 22.6 Å². The number of halogens is 1. The highest BCUT2D eigenvalue weighted by atomic mass is 127. The van der Waals surface area contributed by atoms with Crippen molar-refractivity contribution in [3.63, 3.8) is 0 Å². The van der Waals surface area contributed by atoms with Gasteiger partial charge in [0.15, 0.2) is 0 Å². The molecule has 112 valence electrons. The van der Waals surface area contributed by atoms with Gasteiger partial charge < -0.3 is 10.2 Å². The van der Waals surface area contributed by atoms with Gasteiger partial charge in [-0.3, -0.25) is 0 Å². The Morgan fingerprint density at radius 3 is 2.65 bits per heavy atom. The van der Waals surface area contributed by atoms with Crippen LogP contribution in [-0.2, 0) is 10.0 Å². The van der Waals surface area contributed by atoms with Crippen LogP contribution < -0.4 is 4.72 Å². The van der Waals surface area contributed by atoms with Crippen LogP contribution in [0, 0.1) is 9.49 Å². The van der Waals surface area contributed by atoms with Gasteiger partial charge in [0.25, 0.3) is 0 Å². The molecule has 0 radical (unpaired) electrons. The quantitative estimate of drug-likeness (QED) is 0.585. The molecule has 0 saturated carbocycles. The number of hydrogen-bond acceptors (Lipinski definition) is 4. The number of aromatic carboxylic acids is 1. The zero-order chi connectivity index (χ0) is 15.3. The number of benzene rings is 1. The SMILES string of the molecule is CC(CCO)CNS(=O)(=O)c1ccc(I)c(C(=O)O)c1. The number of carboxylic acid groups (broad SMARTS) is 1. The van der Waals surface area contributed by atoms with Crippen LogP contribution in [0.5, 0.6) is 0 Å². The zero-order valence-corrected chi connectivity index (χ0v) is 13.8. The summed E-state index contributed by atoms with van der Waals surface area (Å²) in [5, 5.41) is 17.8. The van der Waals surface area contributed by atoms with E-state index in [1.54, 1.807) is 0 Å². The molecule has 0 heterocycles. The number of hydrogen-bond donors (Lipinski definition) is 3. The Bertz CT molecular complexity index is 588. The average Bonchev–Trinajstić information content (AvgIpc) is 2.37. The van der Waals surface area contributed by atoms with E-state index in [4.69, 9.17) is 10.2 Å². The Morgan fingerprint density at radius 1 is 1.45 bits per heavy atom. The highest BCUT2D eigenvalue weighted by Crippen LogP contribution is 2.18. The molecule has 0 aromatic heterocycles. The van der Waals surface area contributed by atoms with E-state index in [1.807, 2.05) is 29.5 Å². The third-order valence-corrected chi connectivity index (χ3v) is 5.08. The van der Waals surface area contributed by atoms with Crippen molar-refractivity contribution in [3.05, 3.63) is 27.3 Å². The molecule has 0 saturated heterocycles. The van der Waals surface area contributed by atoms with Crippen molar-refractivity contribution in [2.75, 3.05) is 13.2 Å². The lowest BCUT2D eigenvalue weighted by atomic mass is 10.1. The maximum absolute atomic E-state index is 12.1. The number of sulfonamides is 1. The Hall–Kier alpha value is -0.710. The number of carboxylic acids is 1. The van der Waals surface area contributed by atoms with Crippen molar-refractivity contribution >= 4 is 38.6 Å². The largest absolute Gasteiger partial charge is 0.478 e. The first-order valence-corrected chi connectivity index (χ1v) is 8.47. The summed E-state index contributed by atoms with van der Waals surface area (Å²) in [4.78, 5) is 10.9. The van der Waals surface area contributed by atoms with Gasteiger partial charge in [0.1, 0.15) is 0 Å². The Kier molecular flexibility index (Phi) is 6.37. The van der Waals surface area contributed by atoms with Crippen LogP contribution in [0.3, 0.4) is 0 Å². The van der Waals surface area contributed by atoms with Crippen molar-refractivity contribution in [2.45, 2.75) is 18.2 Å². The number of rotatable bonds is 7. The maximum atomic E-state index is 12.1. The first-order chi connectivity index (χ1) is 9.27. The van der Waals surface area contributed by atoms with Crippen LogP contribution in [0.2, 0.25) is 0 Å². The predicted molar refractivity (Wildman–Crippen MR) is 82.2 cm³/mol. The van der Waals surface area contributed by atoms with Crippen LogP contribution in [0.15, 0.2) is 23.1 Å². The molecule has 1 rings (SSSR count). The number of carbonyl (C=O) groups is 1. The standard InChI is InChI=1S/C12H16INO5S/c1-8(4-5-15)7-14-20(18,19)9-2-3-11(13)10(6-9)12(16)17/h2-3,6,8,14-15H,4-5,7H2,1H3,(H,16,17). The lowest BCUT2D eigenvalue weighted by Gasteiger charge is -2.12. The Morgan fingerprint density at radius 2 is 2.10 bits per heavy atom. The molecule has 0 fully saturated rings. The van der Waals surface area contributed by atoms with E-state index >= 15 is 0 Å². The Balaban J connectivity index is 2.93. The monoisotopic (exact) mass is 413 g/mol. The van der Waals surface area contributed by atoms with Gasteiger partial charge in [0, 0.05) is 16.7 Å². The van der Waals surface area contributed by atoms with Crippen molar-refractivity contribution in [1.82, 2.24) is 4.72 Å². The molecular weight excluding hydrogens is 397 g/mol. The predicted octanol–water partition coefficient (Wildman–Crippen LogP) is 1.29. The van der Waals surface area contributed by atoms with Gasteiger partial charge in [-0.15, -0.1) is 0 Å². The molecule has 8 heteroatoms. The fraction of sp³-hybridized carbons (Fsp3) is 0.417. The summed E-state index contributed by atoms with van der Waals surface area (Å²) in [6.45, 7) is 2.00. The lowest BCUT2D eigenvalue weighted by molar-refractivity contribution is 0.0695. The molecule has 1 aromatic carbocycles. The Labute approximate surface area is 131 Å². The highest BCUT2D eigenvalue weighted by Gasteiger charge is 2.18.